The summed E-state index contributed by atoms with van der Waals surface area (Å²) in [6.45, 7) is 4.84. The van der Waals surface area contributed by atoms with E-state index < -0.39 is 18.4 Å². The molecule has 0 aliphatic heterocycles. The Labute approximate surface area is 584 Å². The highest BCUT2D eigenvalue weighted by molar-refractivity contribution is 5.71. The summed E-state index contributed by atoms with van der Waals surface area (Å²) in [7, 11) is 6.00. The largest absolute Gasteiger partial charge is 0.477 e. The van der Waals surface area contributed by atoms with Crippen molar-refractivity contribution in [1.82, 2.24) is 0 Å². The summed E-state index contributed by atoms with van der Waals surface area (Å²) in [5.74, 6) is -1.97. The highest BCUT2D eigenvalue weighted by Crippen LogP contribution is 2.20. The molecule has 0 rings (SSSR count). The van der Waals surface area contributed by atoms with Crippen LogP contribution in [0.1, 0.15) is 406 Å². The van der Waals surface area contributed by atoms with Crippen molar-refractivity contribution >= 4 is 17.9 Å². The molecule has 94 heavy (non-hydrogen) atoms. The first kappa shape index (κ1) is 91.0. The minimum absolute atomic E-state index is 0.176. The molecule has 2 unspecified atom stereocenters. The van der Waals surface area contributed by atoms with Gasteiger partial charge >= 0.3 is 17.9 Å². The predicted octanol–water partition coefficient (Wildman–Crippen LogP) is 26.2. The maximum Gasteiger partial charge on any atom is 0.361 e. The van der Waals surface area contributed by atoms with Crippen molar-refractivity contribution in [2.75, 3.05) is 47.5 Å². The molecular formula is C85H158NO8+. The van der Waals surface area contributed by atoms with Gasteiger partial charge in [-0.1, -0.05) is 396 Å². The molecule has 550 valence electrons. The lowest BCUT2D eigenvalue weighted by Crippen LogP contribution is -2.40. The van der Waals surface area contributed by atoms with Gasteiger partial charge in [0.2, 0.25) is 0 Å². The second-order valence-electron chi connectivity index (χ2n) is 29.1. The van der Waals surface area contributed by atoms with E-state index in [9.17, 15) is 19.5 Å². The normalized spacial score (nSPS) is 12.9. The quantitative estimate of drug-likeness (QED) is 0.0211. The van der Waals surface area contributed by atoms with E-state index in [4.69, 9.17) is 18.9 Å². The molecule has 9 heteroatoms. The number of allylic oxidation sites excluding steroid dienone is 10. The average Bonchev–Trinajstić information content (AvgIpc) is 3.75. The van der Waals surface area contributed by atoms with Gasteiger partial charge in [0.1, 0.15) is 13.2 Å². The van der Waals surface area contributed by atoms with Gasteiger partial charge in [0.15, 0.2) is 6.10 Å². The van der Waals surface area contributed by atoms with Crippen molar-refractivity contribution < 1.29 is 42.9 Å². The molecule has 9 nitrogen and oxygen atoms in total. The van der Waals surface area contributed by atoms with Crippen LogP contribution in [0.15, 0.2) is 60.8 Å². The number of esters is 2. The topological polar surface area (TPSA) is 108 Å². The maximum atomic E-state index is 13.0. The Morgan fingerprint density at radius 3 is 0.904 bits per heavy atom. The Hall–Kier alpha value is -3.01. The summed E-state index contributed by atoms with van der Waals surface area (Å²) < 4.78 is 23.1. The zero-order valence-electron chi connectivity index (χ0n) is 63.1. The molecule has 0 saturated carbocycles. The van der Waals surface area contributed by atoms with E-state index in [2.05, 4.69) is 74.6 Å². The van der Waals surface area contributed by atoms with E-state index in [-0.39, 0.29) is 38.2 Å². The van der Waals surface area contributed by atoms with Crippen molar-refractivity contribution in [3.05, 3.63) is 60.8 Å². The van der Waals surface area contributed by atoms with Crippen LogP contribution >= 0.6 is 0 Å². The van der Waals surface area contributed by atoms with Crippen LogP contribution in [0.25, 0.3) is 0 Å². The lowest BCUT2D eigenvalue weighted by atomic mass is 10.0. The third-order valence-corrected chi connectivity index (χ3v) is 18.5. The first-order valence-corrected chi connectivity index (χ1v) is 41.0. The number of carbonyl (C=O) groups is 3. The summed E-state index contributed by atoms with van der Waals surface area (Å²) in [6.07, 6.45) is 98.2. The van der Waals surface area contributed by atoms with Crippen LogP contribution in [0.5, 0.6) is 0 Å². The molecule has 0 saturated heterocycles. The van der Waals surface area contributed by atoms with Crippen LogP contribution in [0.2, 0.25) is 0 Å². The van der Waals surface area contributed by atoms with Crippen molar-refractivity contribution in [2.45, 2.75) is 418 Å². The van der Waals surface area contributed by atoms with Crippen LogP contribution in [0.4, 0.5) is 0 Å². The fraction of sp³-hybridized carbons (Fsp3) is 0.847. The molecule has 0 radical (unpaired) electrons. The van der Waals surface area contributed by atoms with Crippen molar-refractivity contribution in [3.8, 4) is 0 Å². The standard InChI is InChI=1S/C85H157NO8/c1-6-8-10-12-14-16-18-20-22-24-26-28-30-32-34-36-38-40-41-42-43-44-46-48-50-52-54-56-58-60-62-64-66-68-70-72-74-76-83(88)94-81(80-93-85(84(89)90)91-78-77-86(3,4)5)79-92-82(87)75-73-71-69-67-65-63-61-59-57-55-53-51-49-47-45-39-37-35-33-31-29-27-25-23-21-19-17-15-13-11-9-7-2/h8,10,14,16,20,22,26,28,32,34,81,85H,6-7,9,11-13,15,17-19,21,23-25,27,29-31,33,35-80H2,1-5H3/p+1/b10-8-,16-14-,22-20-,28-26-,34-32-. The zero-order chi connectivity index (χ0) is 68.2. The van der Waals surface area contributed by atoms with Gasteiger partial charge in [-0.3, -0.25) is 9.59 Å². The Bertz CT molecular complexity index is 1730. The minimum atomic E-state index is -1.51. The van der Waals surface area contributed by atoms with Gasteiger partial charge in [0.05, 0.1) is 34.4 Å². The smallest absolute Gasteiger partial charge is 0.361 e. The summed E-state index contributed by atoms with van der Waals surface area (Å²) in [4.78, 5) is 37.8. The number of quaternary nitrogens is 1. The summed E-state index contributed by atoms with van der Waals surface area (Å²) in [6, 6.07) is 0. The van der Waals surface area contributed by atoms with E-state index in [1.807, 2.05) is 21.1 Å². The third kappa shape index (κ3) is 76.4. The number of ether oxygens (including phenoxy) is 4. The number of hydrogen-bond acceptors (Lipinski definition) is 7. The molecule has 0 aliphatic carbocycles. The van der Waals surface area contributed by atoms with E-state index in [1.165, 1.54) is 308 Å². The van der Waals surface area contributed by atoms with Gasteiger partial charge in [0.25, 0.3) is 6.29 Å². The average molecular weight is 1320 g/mol. The predicted molar refractivity (Wildman–Crippen MR) is 406 cm³/mol. The van der Waals surface area contributed by atoms with Crippen molar-refractivity contribution in [1.29, 1.82) is 0 Å². The van der Waals surface area contributed by atoms with Crippen LogP contribution in [-0.4, -0.2) is 87.4 Å². The number of carbonyl (C=O) groups excluding carboxylic acids is 2. The van der Waals surface area contributed by atoms with Gasteiger partial charge in [-0.05, 0) is 57.8 Å². The molecule has 0 bridgehead atoms. The van der Waals surface area contributed by atoms with E-state index in [1.54, 1.807) is 0 Å². The molecular weight excluding hydrogens is 1160 g/mol. The number of hydrogen-bond donors (Lipinski definition) is 1. The Morgan fingerprint density at radius 2 is 0.606 bits per heavy atom. The first-order chi connectivity index (χ1) is 46.1. The number of likely N-dealkylation sites (N-methyl/N-ethyl adjacent to an activating group) is 1. The second-order valence-corrected chi connectivity index (χ2v) is 29.1. The molecule has 0 aromatic carbocycles. The Kier molecular flexibility index (Phi) is 73.3. The molecule has 0 fully saturated rings. The highest BCUT2D eigenvalue weighted by atomic mass is 16.7. The van der Waals surface area contributed by atoms with Gasteiger partial charge < -0.3 is 28.5 Å². The van der Waals surface area contributed by atoms with Crippen molar-refractivity contribution in [3.63, 3.8) is 0 Å². The molecule has 0 aromatic rings. The van der Waals surface area contributed by atoms with Crippen LogP contribution in [-0.2, 0) is 33.3 Å². The van der Waals surface area contributed by atoms with Gasteiger partial charge in [0, 0.05) is 12.8 Å². The molecule has 0 spiro atoms. The van der Waals surface area contributed by atoms with E-state index in [0.717, 1.165) is 70.6 Å². The number of carboxylic acids is 1. The summed E-state index contributed by atoms with van der Waals surface area (Å²) in [5.41, 5.74) is 0. The number of unbranched alkanes of at least 4 members (excludes halogenated alkanes) is 52. The number of rotatable bonds is 77. The lowest BCUT2D eigenvalue weighted by Gasteiger charge is -2.25. The molecule has 0 aliphatic rings. The van der Waals surface area contributed by atoms with Crippen molar-refractivity contribution in [2.24, 2.45) is 0 Å². The number of nitrogens with zero attached hydrogens (tertiary/aromatic N) is 1. The fourth-order valence-electron chi connectivity index (χ4n) is 12.3. The molecule has 2 atom stereocenters. The van der Waals surface area contributed by atoms with E-state index in [0.29, 0.717) is 17.4 Å². The minimum Gasteiger partial charge on any atom is -0.477 e. The molecule has 0 aromatic heterocycles. The second kappa shape index (κ2) is 75.8. The van der Waals surface area contributed by atoms with Crippen LogP contribution < -0.4 is 0 Å². The summed E-state index contributed by atoms with van der Waals surface area (Å²) >= 11 is 0. The first-order valence-electron chi connectivity index (χ1n) is 41.0. The number of carboxylic acid groups (broad SMARTS) is 1. The lowest BCUT2D eigenvalue weighted by molar-refractivity contribution is -0.870. The summed E-state index contributed by atoms with van der Waals surface area (Å²) in [5, 5.41) is 9.78. The van der Waals surface area contributed by atoms with Gasteiger partial charge in [-0.15, -0.1) is 0 Å². The van der Waals surface area contributed by atoms with Gasteiger partial charge in [-0.25, -0.2) is 4.79 Å². The molecule has 0 heterocycles. The van der Waals surface area contributed by atoms with Crippen LogP contribution in [0, 0.1) is 0 Å². The molecule has 0 amide bonds. The van der Waals surface area contributed by atoms with Crippen LogP contribution in [0.3, 0.4) is 0 Å². The maximum absolute atomic E-state index is 13.0. The van der Waals surface area contributed by atoms with E-state index >= 15 is 0 Å². The monoisotopic (exact) mass is 1320 g/mol. The SMILES string of the molecule is CC/C=C\C/C=C\C/C=C\C/C=C\C/C=C\CCCCCCCCCCCCCCCCCCCCCCCC(=O)OC(COC(=O)CCCCCCCCCCCCCCCCCCCCCCCCCCCCCCCCCC)COC(OCC[N+](C)(C)C)C(=O)O. The Morgan fingerprint density at radius 1 is 0.330 bits per heavy atom. The zero-order valence-corrected chi connectivity index (χ0v) is 63.1. The molecule has 1 N–H and O–H groups in total. The van der Waals surface area contributed by atoms with Gasteiger partial charge in [-0.2, -0.15) is 0 Å². The third-order valence-electron chi connectivity index (χ3n) is 18.5. The highest BCUT2D eigenvalue weighted by Gasteiger charge is 2.25. The Balaban J connectivity index is 3.96. The number of aliphatic carboxylic acids is 1. The fourth-order valence-corrected chi connectivity index (χ4v) is 12.3.